The van der Waals surface area contributed by atoms with Gasteiger partial charge in [-0.25, -0.2) is 9.97 Å². The number of hydrogen-bond acceptors (Lipinski definition) is 4. The quantitative estimate of drug-likeness (QED) is 0.742. The maximum Gasteiger partial charge on any atom is 0.405 e. The van der Waals surface area contributed by atoms with E-state index < -0.39 is 29.9 Å². The number of alkyl halides is 3. The molecule has 0 aliphatic carbocycles. The van der Waals surface area contributed by atoms with E-state index in [1.807, 2.05) is 30.3 Å². The monoisotopic (exact) mass is 376 g/mol. The van der Waals surface area contributed by atoms with Crippen LogP contribution in [0.2, 0.25) is 0 Å². The molecule has 0 unspecified atom stereocenters. The van der Waals surface area contributed by atoms with Crippen LogP contribution in [0.15, 0.2) is 53.5 Å². The number of halogens is 3. The molecular weight excluding hydrogens is 361 g/mol. The predicted molar refractivity (Wildman–Crippen MR) is 92.3 cm³/mol. The molecule has 27 heavy (non-hydrogen) atoms. The first-order valence-electron chi connectivity index (χ1n) is 8.09. The van der Waals surface area contributed by atoms with Gasteiger partial charge in [0.2, 0.25) is 0 Å². The highest BCUT2D eigenvalue weighted by molar-refractivity contribution is 5.93. The van der Waals surface area contributed by atoms with Gasteiger partial charge in [0, 0.05) is 12.7 Å². The van der Waals surface area contributed by atoms with Gasteiger partial charge in [0.15, 0.2) is 11.3 Å². The third-order valence-corrected chi connectivity index (χ3v) is 3.83. The van der Waals surface area contributed by atoms with E-state index in [9.17, 15) is 22.8 Å². The number of nitrogens with zero attached hydrogens (tertiary/aromatic N) is 3. The summed E-state index contributed by atoms with van der Waals surface area (Å²) < 4.78 is 38.3. The van der Waals surface area contributed by atoms with Crippen LogP contribution < -0.4 is 10.9 Å². The Morgan fingerprint density at radius 2 is 1.85 bits per heavy atom. The van der Waals surface area contributed by atoms with Crippen LogP contribution >= 0.6 is 0 Å². The van der Waals surface area contributed by atoms with Gasteiger partial charge < -0.3 is 5.32 Å². The van der Waals surface area contributed by atoms with Crippen molar-refractivity contribution in [3.63, 3.8) is 0 Å². The van der Waals surface area contributed by atoms with Crippen molar-refractivity contribution in [3.05, 3.63) is 70.3 Å². The second-order valence-electron chi connectivity index (χ2n) is 5.80. The zero-order valence-electron chi connectivity index (χ0n) is 14.0. The number of hydrogen-bond donors (Lipinski definition) is 1. The Morgan fingerprint density at radius 1 is 1.11 bits per heavy atom. The molecule has 0 radical (unpaired) electrons. The van der Waals surface area contributed by atoms with Crippen molar-refractivity contribution >= 4 is 17.1 Å². The van der Waals surface area contributed by atoms with Crippen molar-refractivity contribution in [1.29, 1.82) is 0 Å². The first kappa shape index (κ1) is 18.6. The van der Waals surface area contributed by atoms with Crippen LogP contribution in [0.25, 0.3) is 11.2 Å². The van der Waals surface area contributed by atoms with Crippen LogP contribution in [0.4, 0.5) is 13.2 Å². The Morgan fingerprint density at radius 3 is 2.56 bits per heavy atom. The van der Waals surface area contributed by atoms with Crippen LogP contribution in [0, 0.1) is 0 Å². The highest BCUT2D eigenvalue weighted by Gasteiger charge is 2.29. The van der Waals surface area contributed by atoms with E-state index in [4.69, 9.17) is 0 Å². The van der Waals surface area contributed by atoms with E-state index >= 15 is 0 Å². The zero-order valence-corrected chi connectivity index (χ0v) is 14.0. The summed E-state index contributed by atoms with van der Waals surface area (Å²) >= 11 is 0. The third-order valence-electron chi connectivity index (χ3n) is 3.83. The largest absolute Gasteiger partial charge is 0.405 e. The zero-order chi connectivity index (χ0) is 19.4. The van der Waals surface area contributed by atoms with Gasteiger partial charge in [-0.3, -0.25) is 14.2 Å². The number of nitrogens with one attached hydrogen (secondary N) is 1. The van der Waals surface area contributed by atoms with Crippen molar-refractivity contribution in [2.75, 3.05) is 6.54 Å². The summed E-state index contributed by atoms with van der Waals surface area (Å²) in [4.78, 5) is 32.8. The van der Waals surface area contributed by atoms with Crippen molar-refractivity contribution in [2.24, 2.45) is 0 Å². The standard InChI is InChI=1S/C18H15F3N4O2/c19-18(20,21)11-23-16(26)14-17(27)25(10-8-12-5-2-1-3-6-12)15-13(24-14)7-4-9-22-15/h1-7,9H,8,10-11H2,(H,23,26). The summed E-state index contributed by atoms with van der Waals surface area (Å²) in [6.45, 7) is -1.33. The maximum atomic E-state index is 12.7. The van der Waals surface area contributed by atoms with Gasteiger partial charge in [-0.05, 0) is 24.1 Å². The Kier molecular flexibility index (Phi) is 5.20. The molecule has 0 bridgehead atoms. The van der Waals surface area contributed by atoms with Gasteiger partial charge in [-0.15, -0.1) is 0 Å². The minimum Gasteiger partial charge on any atom is -0.341 e. The molecule has 3 aromatic rings. The molecule has 0 spiro atoms. The average molecular weight is 376 g/mol. The lowest BCUT2D eigenvalue weighted by Gasteiger charge is -2.12. The molecule has 3 rings (SSSR count). The van der Waals surface area contributed by atoms with Crippen molar-refractivity contribution in [1.82, 2.24) is 19.9 Å². The van der Waals surface area contributed by atoms with Gasteiger partial charge in [0.1, 0.15) is 12.1 Å². The molecule has 0 aliphatic rings. The SMILES string of the molecule is O=C(NCC(F)(F)F)c1nc2cccnc2n(CCc2ccccc2)c1=O. The van der Waals surface area contributed by atoms with E-state index in [0.29, 0.717) is 6.42 Å². The second kappa shape index (κ2) is 7.56. The maximum absolute atomic E-state index is 12.7. The van der Waals surface area contributed by atoms with Crippen LogP contribution in [-0.4, -0.2) is 33.2 Å². The molecule has 0 aliphatic heterocycles. The number of rotatable bonds is 5. The molecule has 0 saturated carbocycles. The first-order valence-corrected chi connectivity index (χ1v) is 8.09. The summed E-state index contributed by atoms with van der Waals surface area (Å²) in [6.07, 6.45) is -2.62. The highest BCUT2D eigenvalue weighted by Crippen LogP contribution is 2.13. The fourth-order valence-electron chi connectivity index (χ4n) is 2.58. The molecule has 0 fully saturated rings. The van der Waals surface area contributed by atoms with Gasteiger partial charge in [-0.1, -0.05) is 30.3 Å². The summed E-state index contributed by atoms with van der Waals surface area (Å²) in [5.41, 5.74) is 0.117. The van der Waals surface area contributed by atoms with Crippen LogP contribution in [0.3, 0.4) is 0 Å². The minimum atomic E-state index is -4.58. The average Bonchev–Trinajstić information content (AvgIpc) is 2.65. The number of carbonyl (C=O) groups excluding carboxylic acids is 1. The Bertz CT molecular complexity index is 1020. The predicted octanol–water partition coefficient (Wildman–Crippen LogP) is 2.33. The summed E-state index contributed by atoms with van der Waals surface area (Å²) in [6, 6.07) is 12.5. The van der Waals surface area contributed by atoms with Gasteiger partial charge in [0.05, 0.1) is 0 Å². The molecular formula is C18H15F3N4O2. The lowest BCUT2D eigenvalue weighted by Crippen LogP contribution is -2.39. The molecule has 1 aromatic carbocycles. The molecule has 1 N–H and O–H groups in total. The molecule has 9 heteroatoms. The fourth-order valence-corrected chi connectivity index (χ4v) is 2.58. The Labute approximate surface area is 151 Å². The second-order valence-corrected chi connectivity index (χ2v) is 5.80. The number of carbonyl (C=O) groups is 1. The molecule has 0 atom stereocenters. The molecule has 6 nitrogen and oxygen atoms in total. The van der Waals surface area contributed by atoms with Crippen LogP contribution in [0.1, 0.15) is 16.1 Å². The van der Waals surface area contributed by atoms with E-state index in [-0.39, 0.29) is 17.7 Å². The van der Waals surface area contributed by atoms with Gasteiger partial charge >= 0.3 is 6.18 Å². The summed E-state index contributed by atoms with van der Waals surface area (Å²) in [5, 5.41) is 1.69. The molecule has 2 heterocycles. The van der Waals surface area contributed by atoms with Gasteiger partial charge in [-0.2, -0.15) is 13.2 Å². The van der Waals surface area contributed by atoms with Gasteiger partial charge in [0.25, 0.3) is 11.5 Å². The molecule has 140 valence electrons. The van der Waals surface area contributed by atoms with E-state index in [2.05, 4.69) is 9.97 Å². The third kappa shape index (κ3) is 4.49. The molecule has 1 amide bonds. The smallest absolute Gasteiger partial charge is 0.341 e. The number of aryl methyl sites for hydroxylation is 2. The lowest BCUT2D eigenvalue weighted by molar-refractivity contribution is -0.123. The van der Waals surface area contributed by atoms with Crippen molar-refractivity contribution in [3.8, 4) is 0 Å². The normalized spacial score (nSPS) is 11.5. The van der Waals surface area contributed by atoms with Crippen LogP contribution in [0.5, 0.6) is 0 Å². The summed E-state index contributed by atoms with van der Waals surface area (Å²) in [7, 11) is 0. The number of pyridine rings is 1. The number of aromatic nitrogens is 3. The van der Waals surface area contributed by atoms with Crippen molar-refractivity contribution in [2.45, 2.75) is 19.1 Å². The minimum absolute atomic E-state index is 0.207. The molecule has 2 aromatic heterocycles. The number of fused-ring (bicyclic) bond motifs is 1. The first-order chi connectivity index (χ1) is 12.8. The lowest BCUT2D eigenvalue weighted by atomic mass is 10.1. The Hall–Kier alpha value is -3.23. The topological polar surface area (TPSA) is 76.9 Å². The van der Waals surface area contributed by atoms with Crippen LogP contribution in [-0.2, 0) is 13.0 Å². The van der Waals surface area contributed by atoms with E-state index in [1.165, 1.54) is 10.8 Å². The highest BCUT2D eigenvalue weighted by atomic mass is 19.4. The molecule has 0 saturated heterocycles. The Balaban J connectivity index is 1.97. The van der Waals surface area contributed by atoms with E-state index in [1.54, 1.807) is 17.4 Å². The number of benzene rings is 1. The summed E-state index contributed by atoms with van der Waals surface area (Å²) in [5.74, 6) is -1.17. The fraction of sp³-hybridized carbons (Fsp3) is 0.222. The van der Waals surface area contributed by atoms with E-state index in [0.717, 1.165) is 5.56 Å². The van der Waals surface area contributed by atoms with Crippen molar-refractivity contribution < 1.29 is 18.0 Å². The number of amides is 1.